The first kappa shape index (κ1) is 6.18. The first-order valence-corrected chi connectivity index (χ1v) is 4.24. The van der Waals surface area contributed by atoms with Crippen LogP contribution in [0.3, 0.4) is 0 Å². The Morgan fingerprint density at radius 1 is 1.50 bits per heavy atom. The smallest absolute Gasteiger partial charge is 0.305 e. The van der Waals surface area contributed by atoms with Crippen LogP contribution in [-0.2, 0) is 0 Å². The Kier molecular flexibility index (Phi) is 1.21. The molecule has 3 nitrogen and oxygen atoms in total. The van der Waals surface area contributed by atoms with Crippen molar-refractivity contribution < 1.29 is 0 Å². The van der Waals surface area contributed by atoms with E-state index in [4.69, 9.17) is 0 Å². The van der Waals surface area contributed by atoms with Crippen LogP contribution in [0.15, 0.2) is 14.6 Å². The number of aromatic nitrogens is 2. The summed E-state index contributed by atoms with van der Waals surface area (Å²) in [4.78, 5) is 16.8. The zero-order valence-corrected chi connectivity index (χ0v) is 7.17. The molecular formula is C5H3BrN2OS. The number of H-pyrrole nitrogens is 2. The first-order chi connectivity index (χ1) is 4.75. The molecule has 0 aromatic carbocycles. The van der Waals surface area contributed by atoms with Gasteiger partial charge < -0.3 is 4.98 Å². The van der Waals surface area contributed by atoms with E-state index in [9.17, 15) is 4.79 Å². The van der Waals surface area contributed by atoms with E-state index < -0.39 is 0 Å². The maximum absolute atomic E-state index is 10.6. The highest BCUT2D eigenvalue weighted by atomic mass is 79.9. The zero-order chi connectivity index (χ0) is 7.14. The van der Waals surface area contributed by atoms with Crippen molar-refractivity contribution in [1.82, 2.24) is 9.97 Å². The minimum absolute atomic E-state index is 0.145. The van der Waals surface area contributed by atoms with Gasteiger partial charge in [0, 0.05) is 0 Å². The molecule has 0 spiro atoms. The van der Waals surface area contributed by atoms with Crippen LogP contribution < -0.4 is 5.69 Å². The van der Waals surface area contributed by atoms with Crippen molar-refractivity contribution >= 4 is 37.6 Å². The molecule has 0 saturated heterocycles. The highest BCUT2D eigenvalue weighted by molar-refractivity contribution is 9.11. The van der Waals surface area contributed by atoms with Crippen molar-refractivity contribution in [2.75, 3.05) is 0 Å². The molecule has 0 fully saturated rings. The summed E-state index contributed by atoms with van der Waals surface area (Å²) in [5.74, 6) is 0. The van der Waals surface area contributed by atoms with Gasteiger partial charge in [-0.1, -0.05) is 0 Å². The predicted molar refractivity (Wildman–Crippen MR) is 44.5 cm³/mol. The summed E-state index contributed by atoms with van der Waals surface area (Å²) in [7, 11) is 0. The number of thiophene rings is 1. The van der Waals surface area contributed by atoms with Gasteiger partial charge in [-0.2, -0.15) is 0 Å². The van der Waals surface area contributed by atoms with Crippen LogP contribution in [-0.4, -0.2) is 9.97 Å². The van der Waals surface area contributed by atoms with Gasteiger partial charge in [0.1, 0.15) is 4.83 Å². The Balaban J connectivity index is 2.95. The van der Waals surface area contributed by atoms with Crippen molar-refractivity contribution in [2.45, 2.75) is 0 Å². The molecule has 0 amide bonds. The van der Waals surface area contributed by atoms with Crippen molar-refractivity contribution in [3.05, 3.63) is 20.3 Å². The summed E-state index contributed by atoms with van der Waals surface area (Å²) in [5, 5.41) is 0. The van der Waals surface area contributed by atoms with Crippen molar-refractivity contribution in [3.8, 4) is 0 Å². The van der Waals surface area contributed by atoms with Crippen LogP contribution in [0.4, 0.5) is 0 Å². The number of aromatic amines is 2. The Bertz CT molecular complexity index is 378. The lowest BCUT2D eigenvalue weighted by Crippen LogP contribution is -1.99. The average molecular weight is 219 g/mol. The number of fused-ring (bicyclic) bond motifs is 1. The molecule has 0 saturated carbocycles. The highest BCUT2D eigenvalue weighted by Gasteiger charge is 2.00. The molecule has 2 aromatic rings. The predicted octanol–water partition coefficient (Wildman–Crippen LogP) is 1.68. The summed E-state index contributed by atoms with van der Waals surface area (Å²) in [5.41, 5.74) is 0.718. The van der Waals surface area contributed by atoms with Crippen LogP contribution in [0.5, 0.6) is 0 Å². The first-order valence-electron chi connectivity index (χ1n) is 2.63. The van der Waals surface area contributed by atoms with E-state index in [-0.39, 0.29) is 5.69 Å². The molecule has 0 unspecified atom stereocenters. The number of hydrogen-bond acceptors (Lipinski definition) is 2. The second-order valence-electron chi connectivity index (χ2n) is 1.87. The standard InChI is InChI=1S/C5H3BrN2OS/c6-3-1-2-4(10-3)8-5(9)7-2/h1H,(H2,7,8,9). The molecule has 2 heterocycles. The minimum Gasteiger partial charge on any atom is -0.305 e. The van der Waals surface area contributed by atoms with Crippen LogP contribution in [0, 0.1) is 0 Å². The molecule has 10 heavy (non-hydrogen) atoms. The fourth-order valence-corrected chi connectivity index (χ4v) is 2.25. The number of hydrogen-bond donors (Lipinski definition) is 2. The average Bonchev–Trinajstić information content (AvgIpc) is 2.21. The van der Waals surface area contributed by atoms with Gasteiger partial charge in [-0.05, 0) is 22.0 Å². The van der Waals surface area contributed by atoms with E-state index in [1.54, 1.807) is 0 Å². The highest BCUT2D eigenvalue weighted by Crippen LogP contribution is 2.25. The van der Waals surface area contributed by atoms with Crippen LogP contribution >= 0.6 is 27.3 Å². The minimum atomic E-state index is -0.145. The summed E-state index contributed by atoms with van der Waals surface area (Å²) in [6, 6.07) is 1.87. The third-order valence-corrected chi connectivity index (χ3v) is 2.73. The van der Waals surface area contributed by atoms with E-state index in [0.717, 1.165) is 14.1 Å². The third-order valence-electron chi connectivity index (χ3n) is 1.18. The Morgan fingerprint density at radius 3 is 3.00 bits per heavy atom. The second-order valence-corrected chi connectivity index (χ2v) is 4.30. The van der Waals surface area contributed by atoms with Gasteiger partial charge >= 0.3 is 5.69 Å². The Hall–Kier alpha value is -0.550. The number of imidazole rings is 1. The second kappa shape index (κ2) is 1.96. The molecule has 2 aromatic heterocycles. The van der Waals surface area contributed by atoms with Gasteiger partial charge in [-0.15, -0.1) is 11.3 Å². The van der Waals surface area contributed by atoms with Gasteiger partial charge in [-0.25, -0.2) is 4.79 Å². The maximum atomic E-state index is 10.6. The van der Waals surface area contributed by atoms with Gasteiger partial charge in [0.2, 0.25) is 0 Å². The van der Waals surface area contributed by atoms with E-state index in [1.807, 2.05) is 6.07 Å². The van der Waals surface area contributed by atoms with Crippen LogP contribution in [0.1, 0.15) is 0 Å². The topological polar surface area (TPSA) is 48.6 Å². The van der Waals surface area contributed by atoms with E-state index in [1.165, 1.54) is 11.3 Å². The lowest BCUT2D eigenvalue weighted by Gasteiger charge is -1.68. The number of rotatable bonds is 0. The number of nitrogens with one attached hydrogen (secondary N) is 2. The number of halogens is 1. The lowest BCUT2D eigenvalue weighted by molar-refractivity contribution is 1.22. The molecule has 5 heteroatoms. The summed E-state index contributed by atoms with van der Waals surface area (Å²) in [6.07, 6.45) is 0. The van der Waals surface area contributed by atoms with Gasteiger partial charge in [0.05, 0.1) is 9.30 Å². The van der Waals surface area contributed by atoms with Gasteiger partial charge in [0.25, 0.3) is 0 Å². The molecule has 0 atom stereocenters. The van der Waals surface area contributed by atoms with Crippen LogP contribution in [0.25, 0.3) is 10.3 Å². The molecule has 2 rings (SSSR count). The molecule has 0 radical (unpaired) electrons. The normalized spacial score (nSPS) is 10.9. The molecular weight excluding hydrogens is 216 g/mol. The van der Waals surface area contributed by atoms with E-state index >= 15 is 0 Å². The summed E-state index contributed by atoms with van der Waals surface area (Å²) >= 11 is 4.81. The molecule has 0 aliphatic heterocycles. The van der Waals surface area contributed by atoms with Crippen LogP contribution in [0.2, 0.25) is 0 Å². The summed E-state index contributed by atoms with van der Waals surface area (Å²) in [6.45, 7) is 0. The largest absolute Gasteiger partial charge is 0.324 e. The maximum Gasteiger partial charge on any atom is 0.324 e. The third kappa shape index (κ3) is 0.819. The molecule has 52 valence electrons. The lowest BCUT2D eigenvalue weighted by atomic mass is 10.6. The fraction of sp³-hybridized carbons (Fsp3) is 0. The molecule has 0 aliphatic carbocycles. The fourth-order valence-electron chi connectivity index (χ4n) is 0.803. The van der Waals surface area contributed by atoms with Gasteiger partial charge in [-0.3, -0.25) is 4.98 Å². The van der Waals surface area contributed by atoms with E-state index in [0.29, 0.717) is 0 Å². The Labute approximate surface area is 68.2 Å². The van der Waals surface area contributed by atoms with Crippen molar-refractivity contribution in [3.63, 3.8) is 0 Å². The molecule has 0 bridgehead atoms. The quantitative estimate of drug-likeness (QED) is 0.695. The van der Waals surface area contributed by atoms with Gasteiger partial charge in [0.15, 0.2) is 0 Å². The van der Waals surface area contributed by atoms with E-state index in [2.05, 4.69) is 25.9 Å². The SMILES string of the molecule is O=c1[nH]c2cc(Br)sc2[nH]1. The Morgan fingerprint density at radius 2 is 2.30 bits per heavy atom. The van der Waals surface area contributed by atoms with Crippen molar-refractivity contribution in [2.24, 2.45) is 0 Å². The zero-order valence-electron chi connectivity index (χ0n) is 4.77. The summed E-state index contributed by atoms with van der Waals surface area (Å²) < 4.78 is 1.02. The monoisotopic (exact) mass is 218 g/mol. The molecule has 2 N–H and O–H groups in total. The van der Waals surface area contributed by atoms with Crippen molar-refractivity contribution in [1.29, 1.82) is 0 Å². The molecule has 0 aliphatic rings.